The topological polar surface area (TPSA) is 105 Å². The van der Waals surface area contributed by atoms with Gasteiger partial charge >= 0.3 is 0 Å². The summed E-state index contributed by atoms with van der Waals surface area (Å²) in [6.45, 7) is 3.29. The van der Waals surface area contributed by atoms with E-state index in [1.165, 1.54) is 0 Å². The van der Waals surface area contributed by atoms with Crippen molar-refractivity contribution in [3.63, 3.8) is 0 Å². The van der Waals surface area contributed by atoms with Crippen molar-refractivity contribution in [3.05, 3.63) is 36.7 Å². The van der Waals surface area contributed by atoms with Crippen molar-refractivity contribution in [2.24, 2.45) is 0 Å². The molecule has 3 aromatic rings. The Bertz CT molecular complexity index is 1140. The summed E-state index contributed by atoms with van der Waals surface area (Å²) in [5.41, 5.74) is 2.78. The third kappa shape index (κ3) is 3.68. The maximum atomic E-state index is 12.2. The van der Waals surface area contributed by atoms with Gasteiger partial charge in [0.1, 0.15) is 5.52 Å². The highest BCUT2D eigenvalue weighted by Gasteiger charge is 2.19. The minimum Gasteiger partial charge on any atom is -0.343 e. The molecule has 0 aliphatic rings. The van der Waals surface area contributed by atoms with Crippen LogP contribution in [0.3, 0.4) is 0 Å². The Hall–Kier alpha value is -3.18. The highest BCUT2D eigenvalue weighted by atomic mass is 32.2. The van der Waals surface area contributed by atoms with E-state index in [9.17, 15) is 13.2 Å². The number of sulfone groups is 1. The summed E-state index contributed by atoms with van der Waals surface area (Å²) in [5, 5.41) is 2.20. The molecule has 7 nitrogen and oxygen atoms in total. The molecule has 0 atom stereocenters. The summed E-state index contributed by atoms with van der Waals surface area (Å²) in [6.07, 6.45) is 8.29. The van der Waals surface area contributed by atoms with Gasteiger partial charge < -0.3 is 10.3 Å². The molecule has 1 aromatic carbocycles. The number of terminal acetylenes is 1. The first-order valence-corrected chi connectivity index (χ1v) is 9.79. The van der Waals surface area contributed by atoms with Crippen LogP contribution in [-0.2, 0) is 14.6 Å². The summed E-state index contributed by atoms with van der Waals surface area (Å²) < 4.78 is 24.5. The highest BCUT2D eigenvalue weighted by molar-refractivity contribution is 7.92. The van der Waals surface area contributed by atoms with Gasteiger partial charge in [0.15, 0.2) is 15.5 Å². The monoisotopic (exact) mass is 382 g/mol. The number of H-pyrrole nitrogens is 1. The minimum absolute atomic E-state index is 0.0361. The van der Waals surface area contributed by atoms with E-state index in [0.717, 1.165) is 0 Å². The maximum absolute atomic E-state index is 12.2. The van der Waals surface area contributed by atoms with Gasteiger partial charge in [0.25, 0.3) is 0 Å². The van der Waals surface area contributed by atoms with Crippen LogP contribution < -0.4 is 5.32 Å². The van der Waals surface area contributed by atoms with E-state index in [2.05, 4.69) is 26.2 Å². The predicted molar refractivity (Wildman–Crippen MR) is 104 cm³/mol. The Morgan fingerprint density at radius 2 is 2.00 bits per heavy atom. The van der Waals surface area contributed by atoms with E-state index in [4.69, 9.17) is 6.42 Å². The zero-order valence-electron chi connectivity index (χ0n) is 14.9. The van der Waals surface area contributed by atoms with Gasteiger partial charge in [0.2, 0.25) is 5.91 Å². The number of benzene rings is 1. The van der Waals surface area contributed by atoms with Gasteiger partial charge in [-0.1, -0.05) is 18.1 Å². The molecule has 0 spiro atoms. The van der Waals surface area contributed by atoms with Crippen molar-refractivity contribution in [1.82, 2.24) is 15.0 Å². The first-order valence-electron chi connectivity index (χ1n) is 8.24. The first kappa shape index (κ1) is 18.6. The Balaban J connectivity index is 1.95. The van der Waals surface area contributed by atoms with Crippen molar-refractivity contribution in [2.45, 2.75) is 30.4 Å². The molecule has 2 N–H and O–H groups in total. The van der Waals surface area contributed by atoms with Gasteiger partial charge in [-0.3, -0.25) is 4.79 Å². The first-order chi connectivity index (χ1) is 12.8. The summed E-state index contributed by atoms with van der Waals surface area (Å²) in [5.74, 6) is 1.97. The lowest BCUT2D eigenvalue weighted by atomic mass is 10.1. The molecular formula is C19H18N4O3S. The number of nitrogens with zero attached hydrogens (tertiary/aromatic N) is 2. The number of anilines is 1. The van der Waals surface area contributed by atoms with E-state index in [1.807, 2.05) is 0 Å². The average Bonchev–Trinajstić information content (AvgIpc) is 3.04. The van der Waals surface area contributed by atoms with Crippen LogP contribution in [0.15, 0.2) is 41.6 Å². The molecule has 0 bridgehead atoms. The number of nitrogens with one attached hydrogen (secondary N) is 2. The lowest BCUT2D eigenvalue weighted by Crippen LogP contribution is -2.13. The molecule has 138 valence electrons. The number of rotatable bonds is 5. The zero-order chi connectivity index (χ0) is 19.6. The zero-order valence-corrected chi connectivity index (χ0v) is 15.7. The van der Waals surface area contributed by atoms with Crippen LogP contribution in [0.25, 0.3) is 22.4 Å². The quantitative estimate of drug-likeness (QED) is 0.660. The van der Waals surface area contributed by atoms with Crippen molar-refractivity contribution in [3.8, 4) is 23.6 Å². The molecule has 0 fully saturated rings. The molecule has 0 saturated heterocycles. The molecule has 0 radical (unpaired) electrons. The second kappa shape index (κ2) is 7.21. The van der Waals surface area contributed by atoms with Crippen LogP contribution >= 0.6 is 0 Å². The molecule has 27 heavy (non-hydrogen) atoms. The number of aromatic nitrogens is 3. The van der Waals surface area contributed by atoms with Crippen molar-refractivity contribution >= 4 is 32.6 Å². The van der Waals surface area contributed by atoms with Crippen molar-refractivity contribution in [2.75, 3.05) is 5.32 Å². The van der Waals surface area contributed by atoms with Crippen LogP contribution in [0.4, 0.5) is 5.69 Å². The van der Waals surface area contributed by atoms with Gasteiger partial charge in [-0.15, -0.1) is 6.42 Å². The number of carbonyl (C=O) groups excluding carboxylic acids is 1. The predicted octanol–water partition coefficient (Wildman–Crippen LogP) is 2.77. The summed E-state index contributed by atoms with van der Waals surface area (Å²) in [6, 6.07) is 6.50. The smallest absolute Gasteiger partial charge is 0.236 e. The van der Waals surface area contributed by atoms with E-state index in [1.54, 1.807) is 50.5 Å². The second-order valence-corrected chi connectivity index (χ2v) is 8.71. The summed E-state index contributed by atoms with van der Waals surface area (Å²) >= 11 is 0. The number of carbonyl (C=O) groups is 1. The lowest BCUT2D eigenvalue weighted by Gasteiger charge is -2.08. The molecule has 1 amide bonds. The third-order valence-electron chi connectivity index (χ3n) is 4.02. The van der Waals surface area contributed by atoms with Crippen LogP contribution in [0, 0.1) is 12.3 Å². The van der Waals surface area contributed by atoms with Crippen LogP contribution in [0.2, 0.25) is 0 Å². The fourth-order valence-electron chi connectivity index (χ4n) is 2.50. The van der Waals surface area contributed by atoms with E-state index in [-0.39, 0.29) is 17.2 Å². The van der Waals surface area contributed by atoms with Gasteiger partial charge in [-0.2, -0.15) is 0 Å². The molecule has 2 aromatic heterocycles. The molecule has 3 rings (SSSR count). The van der Waals surface area contributed by atoms with Gasteiger partial charge in [0.05, 0.1) is 34.1 Å². The second-order valence-electron chi connectivity index (χ2n) is 6.20. The summed E-state index contributed by atoms with van der Waals surface area (Å²) in [4.78, 5) is 23.8. The fourth-order valence-corrected chi connectivity index (χ4v) is 3.56. The number of hydrogen-bond acceptors (Lipinski definition) is 5. The van der Waals surface area contributed by atoms with E-state index >= 15 is 0 Å². The summed E-state index contributed by atoms with van der Waals surface area (Å²) in [7, 11) is -3.33. The van der Waals surface area contributed by atoms with Crippen molar-refractivity contribution in [1.29, 1.82) is 0 Å². The minimum atomic E-state index is -3.33. The number of amides is 1. The Kier molecular flexibility index (Phi) is 4.97. The molecule has 0 aliphatic carbocycles. The van der Waals surface area contributed by atoms with Crippen molar-refractivity contribution < 1.29 is 13.2 Å². The molecule has 0 saturated carbocycles. The molecule has 8 heteroatoms. The Labute approximate surface area is 157 Å². The highest BCUT2D eigenvalue weighted by Crippen LogP contribution is 2.25. The lowest BCUT2D eigenvalue weighted by molar-refractivity contribution is -0.115. The Morgan fingerprint density at radius 3 is 2.63 bits per heavy atom. The van der Waals surface area contributed by atoms with Crippen LogP contribution in [-0.4, -0.2) is 34.5 Å². The van der Waals surface area contributed by atoms with Gasteiger partial charge in [-0.05, 0) is 26.0 Å². The number of aromatic amines is 1. The molecule has 0 aliphatic heterocycles. The normalized spacial score (nSPS) is 11.5. The van der Waals surface area contributed by atoms with Crippen LogP contribution in [0.5, 0.6) is 0 Å². The van der Waals surface area contributed by atoms with Crippen LogP contribution in [0.1, 0.15) is 20.3 Å². The van der Waals surface area contributed by atoms with E-state index in [0.29, 0.717) is 28.1 Å². The molecule has 0 unspecified atom stereocenters. The molecule has 2 heterocycles. The van der Waals surface area contributed by atoms with E-state index < -0.39 is 15.1 Å². The number of hydrogen-bond donors (Lipinski definition) is 2. The molecular weight excluding hydrogens is 364 g/mol. The van der Waals surface area contributed by atoms with Gasteiger partial charge in [0, 0.05) is 11.8 Å². The third-order valence-corrected chi connectivity index (χ3v) is 6.19. The maximum Gasteiger partial charge on any atom is 0.236 e. The fraction of sp³-hybridized carbons (Fsp3) is 0.211. The standard InChI is InChI=1S/C19H18N4O3S/c1-4-5-17(24)22-16-11-21-19-18(16)23-15(10-20-19)13-6-8-14(9-7-13)27(25,26)12(2)3/h1,6-12H,5H2,2-3H3,(H,20,21)(H,22,24). The largest absolute Gasteiger partial charge is 0.343 e. The van der Waals surface area contributed by atoms with Gasteiger partial charge in [-0.25, -0.2) is 18.4 Å². The SMILES string of the molecule is C#CCC(=O)Nc1c[nH]c2ncc(-c3ccc(S(=O)(=O)C(C)C)cc3)nc12. The average molecular weight is 382 g/mol. The number of fused-ring (bicyclic) bond motifs is 1. The Morgan fingerprint density at radius 1 is 1.30 bits per heavy atom.